The summed E-state index contributed by atoms with van der Waals surface area (Å²) in [6.45, 7) is 8.19. The van der Waals surface area contributed by atoms with Gasteiger partial charge in [-0.1, -0.05) is 19.6 Å². The number of nitrogens with zero attached hydrogens (tertiary/aromatic N) is 3. The number of pyridine rings is 2. The molecule has 30 heavy (non-hydrogen) atoms. The molecule has 3 heterocycles. The van der Waals surface area contributed by atoms with E-state index >= 15 is 0 Å². The lowest BCUT2D eigenvalue weighted by atomic mass is 10.1. The van der Waals surface area contributed by atoms with Crippen LogP contribution in [0.4, 0.5) is 5.82 Å². The summed E-state index contributed by atoms with van der Waals surface area (Å²) >= 11 is 0. The highest BCUT2D eigenvalue weighted by Crippen LogP contribution is 2.43. The first-order valence-corrected chi connectivity index (χ1v) is 14.1. The SMILES string of the molecule is COc1nccc(OC2CC2)c1-c1cn(COCC[Si](C)(C)C)c2nc(N)ccc12. The summed E-state index contributed by atoms with van der Waals surface area (Å²) < 4.78 is 19.8. The summed E-state index contributed by atoms with van der Waals surface area (Å²) in [6.07, 6.45) is 6.17. The predicted molar refractivity (Wildman–Crippen MR) is 122 cm³/mol. The average Bonchev–Trinajstić information content (AvgIpc) is 3.44. The van der Waals surface area contributed by atoms with Crippen molar-refractivity contribution >= 4 is 24.9 Å². The van der Waals surface area contributed by atoms with E-state index in [4.69, 9.17) is 19.9 Å². The van der Waals surface area contributed by atoms with Gasteiger partial charge in [0.1, 0.15) is 23.9 Å². The van der Waals surface area contributed by atoms with Crippen molar-refractivity contribution in [3.8, 4) is 22.8 Å². The van der Waals surface area contributed by atoms with Crippen molar-refractivity contribution in [2.75, 3.05) is 19.5 Å². The fourth-order valence-electron chi connectivity index (χ4n) is 3.31. The van der Waals surface area contributed by atoms with Gasteiger partial charge in [-0.3, -0.25) is 0 Å². The van der Waals surface area contributed by atoms with Crippen molar-refractivity contribution in [1.29, 1.82) is 0 Å². The van der Waals surface area contributed by atoms with Gasteiger partial charge in [-0.25, -0.2) is 9.97 Å². The molecule has 3 aromatic heterocycles. The first-order valence-electron chi connectivity index (χ1n) is 10.4. The molecule has 1 aliphatic rings. The molecule has 0 aromatic carbocycles. The van der Waals surface area contributed by atoms with Crippen LogP contribution in [0.2, 0.25) is 25.7 Å². The number of anilines is 1. The highest BCUT2D eigenvalue weighted by molar-refractivity contribution is 6.76. The number of rotatable bonds is 9. The van der Waals surface area contributed by atoms with Crippen LogP contribution in [0.15, 0.2) is 30.6 Å². The third-order valence-electron chi connectivity index (χ3n) is 5.13. The Morgan fingerprint density at radius 1 is 1.20 bits per heavy atom. The van der Waals surface area contributed by atoms with Gasteiger partial charge in [0.15, 0.2) is 0 Å². The zero-order valence-corrected chi connectivity index (χ0v) is 19.1. The van der Waals surface area contributed by atoms with Crippen molar-refractivity contribution in [2.24, 2.45) is 0 Å². The smallest absolute Gasteiger partial charge is 0.224 e. The Labute approximate surface area is 178 Å². The number of ether oxygens (including phenoxy) is 3. The van der Waals surface area contributed by atoms with Crippen LogP contribution >= 0.6 is 0 Å². The van der Waals surface area contributed by atoms with Gasteiger partial charge in [0.2, 0.25) is 5.88 Å². The molecule has 1 fully saturated rings. The molecule has 0 atom stereocenters. The van der Waals surface area contributed by atoms with Crippen molar-refractivity contribution in [2.45, 2.75) is 51.4 Å². The molecule has 0 amide bonds. The summed E-state index contributed by atoms with van der Waals surface area (Å²) in [6, 6.07) is 6.81. The van der Waals surface area contributed by atoms with Gasteiger partial charge < -0.3 is 24.5 Å². The third kappa shape index (κ3) is 4.60. The van der Waals surface area contributed by atoms with Gasteiger partial charge >= 0.3 is 0 Å². The van der Waals surface area contributed by atoms with Crippen molar-refractivity contribution < 1.29 is 14.2 Å². The van der Waals surface area contributed by atoms with Crippen LogP contribution in [-0.2, 0) is 11.5 Å². The van der Waals surface area contributed by atoms with E-state index in [9.17, 15) is 0 Å². The second-order valence-corrected chi connectivity index (χ2v) is 14.6. The molecule has 1 aliphatic carbocycles. The minimum absolute atomic E-state index is 0.267. The van der Waals surface area contributed by atoms with E-state index in [1.165, 1.54) is 0 Å². The molecule has 0 radical (unpaired) electrons. The fraction of sp³-hybridized carbons (Fsp3) is 0.455. The highest BCUT2D eigenvalue weighted by Gasteiger charge is 2.27. The summed E-state index contributed by atoms with van der Waals surface area (Å²) in [7, 11) is 0.480. The zero-order valence-electron chi connectivity index (χ0n) is 18.1. The van der Waals surface area contributed by atoms with E-state index in [0.717, 1.165) is 53.4 Å². The first kappa shape index (κ1) is 20.7. The molecular weight excluding hydrogens is 396 g/mol. The number of nitrogens with two attached hydrogens (primary N) is 1. The topological polar surface area (TPSA) is 84.4 Å². The van der Waals surface area contributed by atoms with Crippen molar-refractivity contribution in [3.63, 3.8) is 0 Å². The Hall–Kier alpha value is -2.58. The van der Waals surface area contributed by atoms with E-state index in [1.54, 1.807) is 13.3 Å². The molecular formula is C22H30N4O3Si. The van der Waals surface area contributed by atoms with Gasteiger partial charge in [0, 0.05) is 38.0 Å². The molecule has 160 valence electrons. The van der Waals surface area contributed by atoms with Crippen LogP contribution < -0.4 is 15.2 Å². The number of fused-ring (bicyclic) bond motifs is 1. The molecule has 7 nitrogen and oxygen atoms in total. The highest BCUT2D eigenvalue weighted by atomic mass is 28.3. The Bertz CT molecular complexity index is 1040. The van der Waals surface area contributed by atoms with Crippen LogP contribution in [0.5, 0.6) is 11.6 Å². The van der Waals surface area contributed by atoms with Gasteiger partial charge in [0.05, 0.1) is 18.8 Å². The maximum Gasteiger partial charge on any atom is 0.224 e. The van der Waals surface area contributed by atoms with E-state index in [0.29, 0.717) is 18.4 Å². The van der Waals surface area contributed by atoms with Gasteiger partial charge in [0.25, 0.3) is 0 Å². The average molecular weight is 427 g/mol. The molecule has 2 N–H and O–H groups in total. The predicted octanol–water partition coefficient (Wildman–Crippen LogP) is 4.54. The van der Waals surface area contributed by atoms with Gasteiger partial charge in [-0.2, -0.15) is 0 Å². The monoisotopic (exact) mass is 426 g/mol. The molecule has 0 saturated heterocycles. The van der Waals surface area contributed by atoms with Crippen LogP contribution in [0, 0.1) is 0 Å². The Morgan fingerprint density at radius 3 is 2.70 bits per heavy atom. The van der Waals surface area contributed by atoms with E-state index in [-0.39, 0.29) is 6.10 Å². The zero-order chi connectivity index (χ0) is 21.3. The Kier molecular flexibility index (Phi) is 5.70. The maximum absolute atomic E-state index is 6.17. The van der Waals surface area contributed by atoms with Crippen LogP contribution in [0.25, 0.3) is 22.2 Å². The molecule has 4 rings (SSSR count). The van der Waals surface area contributed by atoms with Crippen molar-refractivity contribution in [3.05, 3.63) is 30.6 Å². The number of aromatic nitrogens is 3. The lowest BCUT2D eigenvalue weighted by molar-refractivity contribution is 0.0899. The number of hydrogen-bond donors (Lipinski definition) is 1. The third-order valence-corrected chi connectivity index (χ3v) is 6.83. The minimum Gasteiger partial charge on any atom is -0.490 e. The lowest BCUT2D eigenvalue weighted by Crippen LogP contribution is -2.22. The normalized spacial score (nSPS) is 14.3. The molecule has 1 saturated carbocycles. The molecule has 0 aliphatic heterocycles. The second-order valence-electron chi connectivity index (χ2n) is 8.98. The van der Waals surface area contributed by atoms with Crippen molar-refractivity contribution in [1.82, 2.24) is 14.5 Å². The van der Waals surface area contributed by atoms with Gasteiger partial charge in [-0.15, -0.1) is 0 Å². The number of nitrogen functional groups attached to an aromatic ring is 1. The molecule has 0 unspecified atom stereocenters. The van der Waals surface area contributed by atoms with Crippen LogP contribution in [0.1, 0.15) is 12.8 Å². The Balaban J connectivity index is 1.73. The molecule has 0 bridgehead atoms. The quantitative estimate of drug-likeness (QED) is 0.399. The first-order chi connectivity index (χ1) is 14.4. The van der Waals surface area contributed by atoms with E-state index in [1.807, 2.05) is 29.0 Å². The van der Waals surface area contributed by atoms with Gasteiger partial charge in [-0.05, 0) is 37.1 Å². The summed E-state index contributed by atoms with van der Waals surface area (Å²) in [5.41, 5.74) is 8.56. The largest absolute Gasteiger partial charge is 0.490 e. The Morgan fingerprint density at radius 2 is 2.00 bits per heavy atom. The van der Waals surface area contributed by atoms with E-state index in [2.05, 4.69) is 29.6 Å². The second kappa shape index (κ2) is 8.27. The standard InChI is InChI=1S/C22H30N4O3Si/c1-27-22-20(18(9-10-24-22)29-15-5-6-15)17-13-26(14-28-11-12-30(2,3)4)21-16(17)7-8-19(23)25-21/h7-10,13,15H,5-6,11-12,14H2,1-4H3,(H2,23,25). The lowest BCUT2D eigenvalue weighted by Gasteiger charge is -2.15. The van der Waals surface area contributed by atoms with Crippen LogP contribution in [0.3, 0.4) is 0 Å². The number of methoxy groups -OCH3 is 1. The molecule has 8 heteroatoms. The summed E-state index contributed by atoms with van der Waals surface area (Å²) in [5, 5.41) is 0.963. The molecule has 3 aromatic rings. The fourth-order valence-corrected chi connectivity index (χ4v) is 4.07. The maximum atomic E-state index is 6.17. The van der Waals surface area contributed by atoms with Crippen LogP contribution in [-0.4, -0.2) is 42.4 Å². The molecule has 0 spiro atoms. The minimum atomic E-state index is -1.15. The summed E-state index contributed by atoms with van der Waals surface area (Å²) in [4.78, 5) is 8.99. The number of hydrogen-bond acceptors (Lipinski definition) is 6. The van der Waals surface area contributed by atoms with E-state index < -0.39 is 8.07 Å². The summed E-state index contributed by atoms with van der Waals surface area (Å²) in [5.74, 6) is 1.78.